The lowest BCUT2D eigenvalue weighted by atomic mass is 10.0. The lowest BCUT2D eigenvalue weighted by molar-refractivity contribution is -0.167. The van der Waals surface area contributed by atoms with E-state index in [9.17, 15) is 14.4 Å². The van der Waals surface area contributed by atoms with Crippen LogP contribution in [0.3, 0.4) is 0 Å². The molecule has 0 rings (SSSR count). The molecule has 0 heterocycles. The quantitative estimate of drug-likeness (QED) is 0.0261. The Labute approximate surface area is 507 Å². The van der Waals surface area contributed by atoms with Gasteiger partial charge in [-0.25, -0.2) is 0 Å². The Morgan fingerprint density at radius 3 is 0.744 bits per heavy atom. The van der Waals surface area contributed by atoms with Gasteiger partial charge in [0.05, 0.1) is 0 Å². The first-order valence-electron chi connectivity index (χ1n) is 34.5. The van der Waals surface area contributed by atoms with Crippen LogP contribution in [0.2, 0.25) is 0 Å². The third kappa shape index (κ3) is 66.6. The molecular formula is C76H128O6. The average molecular weight is 1140 g/mol. The fourth-order valence-electron chi connectivity index (χ4n) is 9.55. The van der Waals surface area contributed by atoms with Crippen LogP contribution in [-0.4, -0.2) is 37.2 Å². The van der Waals surface area contributed by atoms with Gasteiger partial charge in [-0.15, -0.1) is 0 Å². The van der Waals surface area contributed by atoms with E-state index >= 15 is 0 Å². The molecule has 0 aliphatic rings. The van der Waals surface area contributed by atoms with Gasteiger partial charge < -0.3 is 14.2 Å². The standard InChI is InChI=1S/C76H128O6/c1-4-7-10-13-16-19-21-23-25-27-29-31-33-35-36-37-38-39-40-42-43-45-47-49-51-53-55-57-60-63-66-69-75(78)81-72-73(71-80-74(77)68-65-62-59-18-15-12-9-6-3)82-76(79)70-67-64-61-58-56-54-52-50-48-46-44-41-34-32-30-28-26-24-22-20-17-14-11-8-5-2/h7,10,16,19,22-25,28-31,34-36,38-39,41-43,73H,4-6,8-9,11-15,17-18,20-21,26-27,32-33,37,40,44-72H2,1-3H3/b10-7-,19-16-,24-22-,25-23-,30-28-,31-29-,36-35-,39-38-,41-34-,43-42-. The van der Waals surface area contributed by atoms with Crippen LogP contribution in [0, 0.1) is 0 Å². The van der Waals surface area contributed by atoms with Gasteiger partial charge in [0.25, 0.3) is 0 Å². The normalized spacial score (nSPS) is 12.9. The molecule has 6 heteroatoms. The minimum absolute atomic E-state index is 0.0808. The summed E-state index contributed by atoms with van der Waals surface area (Å²) in [6.45, 7) is 6.50. The Balaban J connectivity index is 4.18. The summed E-state index contributed by atoms with van der Waals surface area (Å²) in [6.07, 6.45) is 96.6. The van der Waals surface area contributed by atoms with Gasteiger partial charge in [-0.05, 0) is 116 Å². The molecule has 1 unspecified atom stereocenters. The van der Waals surface area contributed by atoms with Gasteiger partial charge in [-0.1, -0.05) is 309 Å². The molecule has 6 nitrogen and oxygen atoms in total. The maximum absolute atomic E-state index is 12.9. The molecule has 0 bridgehead atoms. The highest BCUT2D eigenvalue weighted by atomic mass is 16.6. The molecule has 0 fully saturated rings. The van der Waals surface area contributed by atoms with E-state index in [4.69, 9.17) is 14.2 Å². The van der Waals surface area contributed by atoms with Gasteiger partial charge in [0.1, 0.15) is 13.2 Å². The summed E-state index contributed by atoms with van der Waals surface area (Å²) in [4.78, 5) is 38.2. The Hall–Kier alpha value is -4.19. The first-order valence-corrected chi connectivity index (χ1v) is 34.5. The molecule has 0 spiro atoms. The Morgan fingerprint density at radius 2 is 0.476 bits per heavy atom. The van der Waals surface area contributed by atoms with Crippen LogP contribution in [-0.2, 0) is 28.6 Å². The van der Waals surface area contributed by atoms with Crippen molar-refractivity contribution in [3.63, 3.8) is 0 Å². The lowest BCUT2D eigenvalue weighted by Gasteiger charge is -2.18. The molecule has 0 aromatic heterocycles. The molecule has 0 aliphatic heterocycles. The van der Waals surface area contributed by atoms with E-state index in [1.165, 1.54) is 161 Å². The third-order valence-electron chi connectivity index (χ3n) is 14.7. The molecule has 0 saturated carbocycles. The van der Waals surface area contributed by atoms with Crippen LogP contribution in [0.15, 0.2) is 122 Å². The van der Waals surface area contributed by atoms with Crippen molar-refractivity contribution in [2.45, 2.75) is 329 Å². The Bertz CT molecular complexity index is 1690. The van der Waals surface area contributed by atoms with E-state index in [2.05, 4.69) is 142 Å². The molecule has 0 saturated heterocycles. The molecule has 0 aromatic rings. The average Bonchev–Trinajstić information content (AvgIpc) is 3.47. The summed E-state index contributed by atoms with van der Waals surface area (Å²) in [5, 5.41) is 0. The van der Waals surface area contributed by atoms with Gasteiger partial charge >= 0.3 is 17.9 Å². The van der Waals surface area contributed by atoms with Gasteiger partial charge in [-0.2, -0.15) is 0 Å². The maximum Gasteiger partial charge on any atom is 0.306 e. The number of carbonyl (C=O) groups excluding carboxylic acids is 3. The summed E-state index contributed by atoms with van der Waals surface area (Å²) in [5.74, 6) is -0.888. The number of hydrogen-bond donors (Lipinski definition) is 0. The first-order chi connectivity index (χ1) is 40.5. The summed E-state index contributed by atoms with van der Waals surface area (Å²) in [5.41, 5.74) is 0. The largest absolute Gasteiger partial charge is 0.462 e. The predicted molar refractivity (Wildman–Crippen MR) is 357 cm³/mol. The van der Waals surface area contributed by atoms with E-state index in [1.54, 1.807) is 0 Å². The van der Waals surface area contributed by atoms with Crippen molar-refractivity contribution in [1.29, 1.82) is 0 Å². The van der Waals surface area contributed by atoms with Gasteiger partial charge in [0.15, 0.2) is 6.10 Å². The monoisotopic (exact) mass is 1140 g/mol. The highest BCUT2D eigenvalue weighted by Gasteiger charge is 2.19. The fourth-order valence-corrected chi connectivity index (χ4v) is 9.55. The summed E-state index contributed by atoms with van der Waals surface area (Å²) in [6, 6.07) is 0. The van der Waals surface area contributed by atoms with Gasteiger partial charge in [0.2, 0.25) is 0 Å². The molecule has 1 atom stereocenters. The molecule has 82 heavy (non-hydrogen) atoms. The molecule has 468 valence electrons. The van der Waals surface area contributed by atoms with Crippen LogP contribution in [0.4, 0.5) is 0 Å². The number of esters is 3. The maximum atomic E-state index is 12.9. The highest BCUT2D eigenvalue weighted by Crippen LogP contribution is 2.16. The second-order valence-electron chi connectivity index (χ2n) is 22.7. The topological polar surface area (TPSA) is 78.9 Å². The van der Waals surface area contributed by atoms with Crippen molar-refractivity contribution < 1.29 is 28.6 Å². The summed E-state index contributed by atoms with van der Waals surface area (Å²) >= 11 is 0. The van der Waals surface area contributed by atoms with Crippen LogP contribution in [0.25, 0.3) is 0 Å². The smallest absolute Gasteiger partial charge is 0.306 e. The Kier molecular flexibility index (Phi) is 65.8. The van der Waals surface area contributed by atoms with Crippen molar-refractivity contribution >= 4 is 17.9 Å². The molecule has 0 aliphatic carbocycles. The number of ether oxygens (including phenoxy) is 3. The van der Waals surface area contributed by atoms with Gasteiger partial charge in [-0.3, -0.25) is 14.4 Å². The van der Waals surface area contributed by atoms with E-state index in [-0.39, 0.29) is 31.1 Å². The highest BCUT2D eigenvalue weighted by molar-refractivity contribution is 5.71. The molecule has 0 aromatic carbocycles. The van der Waals surface area contributed by atoms with E-state index < -0.39 is 6.10 Å². The molecular weight excluding hydrogens is 1010 g/mol. The SMILES string of the molecule is CC/C=C\C/C=C\C/C=C\C/C=C\C/C=C\C/C=C\C/C=C\CCCCCCCCCCCC(=O)OCC(COC(=O)CCCCCCCCCC)OC(=O)CCCCCCCCCCCC/C=C\C/C=C\C/C=C\CCCCCCC. The van der Waals surface area contributed by atoms with E-state index in [1.807, 2.05) is 0 Å². The Morgan fingerprint density at radius 1 is 0.256 bits per heavy atom. The van der Waals surface area contributed by atoms with E-state index in [0.29, 0.717) is 19.3 Å². The second-order valence-corrected chi connectivity index (χ2v) is 22.7. The number of unbranched alkanes of at least 4 members (excludes halogenated alkanes) is 31. The minimum atomic E-state index is -0.784. The molecule has 0 amide bonds. The zero-order valence-electron chi connectivity index (χ0n) is 53.7. The molecule has 0 N–H and O–H groups in total. The zero-order valence-corrected chi connectivity index (χ0v) is 53.7. The van der Waals surface area contributed by atoms with Crippen LogP contribution in [0.5, 0.6) is 0 Å². The summed E-state index contributed by atoms with van der Waals surface area (Å²) in [7, 11) is 0. The lowest BCUT2D eigenvalue weighted by Crippen LogP contribution is -2.30. The van der Waals surface area contributed by atoms with Crippen molar-refractivity contribution in [3.8, 4) is 0 Å². The van der Waals surface area contributed by atoms with Crippen LogP contribution >= 0.6 is 0 Å². The number of hydrogen-bond acceptors (Lipinski definition) is 6. The van der Waals surface area contributed by atoms with Gasteiger partial charge in [0, 0.05) is 19.3 Å². The minimum Gasteiger partial charge on any atom is -0.462 e. The zero-order chi connectivity index (χ0) is 59.2. The number of allylic oxidation sites excluding steroid dienone is 20. The summed E-state index contributed by atoms with van der Waals surface area (Å²) < 4.78 is 16.9. The van der Waals surface area contributed by atoms with Crippen molar-refractivity contribution in [1.82, 2.24) is 0 Å². The predicted octanol–water partition coefficient (Wildman–Crippen LogP) is 23.9. The van der Waals surface area contributed by atoms with Crippen molar-refractivity contribution in [2.75, 3.05) is 13.2 Å². The first kappa shape index (κ1) is 77.8. The number of carbonyl (C=O) groups is 3. The van der Waals surface area contributed by atoms with Crippen LogP contribution in [0.1, 0.15) is 323 Å². The molecule has 0 radical (unpaired) electrons. The van der Waals surface area contributed by atoms with E-state index in [0.717, 1.165) is 122 Å². The fraction of sp³-hybridized carbons (Fsp3) is 0.697. The number of rotatable bonds is 62. The van der Waals surface area contributed by atoms with Crippen molar-refractivity contribution in [3.05, 3.63) is 122 Å². The second kappa shape index (κ2) is 69.3. The van der Waals surface area contributed by atoms with Crippen LogP contribution < -0.4 is 0 Å². The third-order valence-corrected chi connectivity index (χ3v) is 14.7. The van der Waals surface area contributed by atoms with Crippen molar-refractivity contribution in [2.24, 2.45) is 0 Å².